The van der Waals surface area contributed by atoms with Gasteiger partial charge in [0.2, 0.25) is 0 Å². The molecule has 0 amide bonds. The number of carbonyl (C=O) groups is 2. The number of pyridine rings is 1. The van der Waals surface area contributed by atoms with Crippen molar-refractivity contribution in [2.24, 2.45) is 0 Å². The molecule has 1 aliphatic rings. The molecule has 0 spiro atoms. The quantitative estimate of drug-likeness (QED) is 0.788. The molecule has 1 saturated heterocycles. The number of carboxylic acid groups (broad SMARTS) is 1. The Morgan fingerprint density at radius 3 is 2.75 bits per heavy atom. The number of anilines is 1. The first-order valence-electron chi connectivity index (χ1n) is 6.14. The summed E-state index contributed by atoms with van der Waals surface area (Å²) in [5, 5.41) is 12.2. The zero-order valence-electron chi connectivity index (χ0n) is 11.3. The summed E-state index contributed by atoms with van der Waals surface area (Å²) >= 11 is 0. The van der Waals surface area contributed by atoms with Crippen molar-refractivity contribution in [2.75, 3.05) is 25.6 Å². The SMILES string of the molecule is COC(=O)c1ccc(NC2(C(=O)O)CCOC2)nc1C. The van der Waals surface area contributed by atoms with Gasteiger partial charge in [-0.1, -0.05) is 0 Å². The van der Waals surface area contributed by atoms with Gasteiger partial charge in [0.05, 0.1) is 25.0 Å². The predicted molar refractivity (Wildman–Crippen MR) is 69.7 cm³/mol. The molecule has 7 nitrogen and oxygen atoms in total. The van der Waals surface area contributed by atoms with Gasteiger partial charge in [-0.25, -0.2) is 14.6 Å². The molecular weight excluding hydrogens is 264 g/mol. The summed E-state index contributed by atoms with van der Waals surface area (Å²) in [7, 11) is 1.29. The minimum absolute atomic E-state index is 0.0851. The molecule has 1 fully saturated rings. The van der Waals surface area contributed by atoms with Gasteiger partial charge in [-0.05, 0) is 19.1 Å². The van der Waals surface area contributed by atoms with E-state index in [9.17, 15) is 14.7 Å². The Hall–Kier alpha value is -2.15. The second-order valence-electron chi connectivity index (χ2n) is 4.64. The molecule has 0 saturated carbocycles. The van der Waals surface area contributed by atoms with Crippen molar-refractivity contribution in [2.45, 2.75) is 18.9 Å². The van der Waals surface area contributed by atoms with E-state index < -0.39 is 17.5 Å². The standard InChI is InChI=1S/C13H16N2O5/c1-8-9(11(16)19-2)3-4-10(14-8)15-13(12(17)18)5-6-20-7-13/h3-4H,5-7H2,1-2H3,(H,14,15)(H,17,18). The van der Waals surface area contributed by atoms with Crippen LogP contribution in [0, 0.1) is 6.92 Å². The van der Waals surface area contributed by atoms with Gasteiger partial charge >= 0.3 is 11.9 Å². The van der Waals surface area contributed by atoms with Crippen LogP contribution in [-0.4, -0.2) is 47.9 Å². The number of esters is 1. The summed E-state index contributed by atoms with van der Waals surface area (Å²) in [5.41, 5.74) is -0.335. The highest BCUT2D eigenvalue weighted by molar-refractivity contribution is 5.90. The highest BCUT2D eigenvalue weighted by atomic mass is 16.5. The van der Waals surface area contributed by atoms with Crippen molar-refractivity contribution < 1.29 is 24.2 Å². The van der Waals surface area contributed by atoms with Crippen molar-refractivity contribution in [3.8, 4) is 0 Å². The van der Waals surface area contributed by atoms with E-state index in [2.05, 4.69) is 15.0 Å². The van der Waals surface area contributed by atoms with Crippen molar-refractivity contribution in [1.82, 2.24) is 4.98 Å². The Kier molecular flexibility index (Phi) is 3.89. The van der Waals surface area contributed by atoms with Crippen molar-refractivity contribution in [1.29, 1.82) is 0 Å². The maximum Gasteiger partial charge on any atom is 0.339 e. The molecule has 0 aromatic carbocycles. The van der Waals surface area contributed by atoms with Crippen LogP contribution < -0.4 is 5.32 Å². The third kappa shape index (κ3) is 2.57. The average Bonchev–Trinajstić information content (AvgIpc) is 2.88. The number of ether oxygens (including phenoxy) is 2. The molecule has 1 aromatic heterocycles. The van der Waals surface area contributed by atoms with Crippen LogP contribution in [0.3, 0.4) is 0 Å². The molecule has 108 valence electrons. The first kappa shape index (κ1) is 14.3. The van der Waals surface area contributed by atoms with Crippen LogP contribution in [0.15, 0.2) is 12.1 Å². The molecule has 2 N–H and O–H groups in total. The van der Waals surface area contributed by atoms with Crippen molar-refractivity contribution >= 4 is 17.8 Å². The minimum atomic E-state index is -1.16. The second-order valence-corrected chi connectivity index (χ2v) is 4.64. The molecule has 1 aliphatic heterocycles. The summed E-state index contributed by atoms with van der Waals surface area (Å²) in [4.78, 5) is 27.1. The normalized spacial score (nSPS) is 21.5. The third-order valence-electron chi connectivity index (χ3n) is 3.29. The first-order valence-corrected chi connectivity index (χ1v) is 6.14. The Balaban J connectivity index is 2.24. The number of carbonyl (C=O) groups excluding carboxylic acids is 1. The summed E-state index contributed by atoms with van der Waals surface area (Å²) in [6.45, 7) is 2.14. The number of aryl methyl sites for hydroxylation is 1. The maximum atomic E-state index is 11.5. The maximum absolute atomic E-state index is 11.5. The topological polar surface area (TPSA) is 97.8 Å². The van der Waals surface area contributed by atoms with E-state index in [1.165, 1.54) is 7.11 Å². The van der Waals surface area contributed by atoms with Gasteiger partial charge in [-0.3, -0.25) is 0 Å². The molecular formula is C13H16N2O5. The lowest BCUT2D eigenvalue weighted by Crippen LogP contribution is -2.47. The molecule has 1 unspecified atom stereocenters. The number of rotatable bonds is 4. The highest BCUT2D eigenvalue weighted by Crippen LogP contribution is 2.24. The lowest BCUT2D eigenvalue weighted by Gasteiger charge is -2.24. The fourth-order valence-corrected chi connectivity index (χ4v) is 2.09. The number of carboxylic acids is 1. The molecule has 1 aromatic rings. The number of aromatic nitrogens is 1. The molecule has 2 heterocycles. The fraction of sp³-hybridized carbons (Fsp3) is 0.462. The van der Waals surface area contributed by atoms with Gasteiger partial charge < -0.3 is 19.9 Å². The second kappa shape index (κ2) is 5.46. The molecule has 20 heavy (non-hydrogen) atoms. The summed E-state index contributed by atoms with van der Waals surface area (Å²) in [5.74, 6) is -1.06. The number of nitrogens with zero attached hydrogens (tertiary/aromatic N) is 1. The zero-order chi connectivity index (χ0) is 14.8. The zero-order valence-corrected chi connectivity index (χ0v) is 11.3. The number of aliphatic carboxylic acids is 1. The molecule has 0 aliphatic carbocycles. The largest absolute Gasteiger partial charge is 0.479 e. The predicted octanol–water partition coefficient (Wildman–Crippen LogP) is 0.832. The van der Waals surface area contributed by atoms with Crippen LogP contribution in [-0.2, 0) is 14.3 Å². The van der Waals surface area contributed by atoms with Gasteiger partial charge in [0.15, 0.2) is 5.54 Å². The van der Waals surface area contributed by atoms with E-state index in [0.29, 0.717) is 30.1 Å². The first-order chi connectivity index (χ1) is 9.48. The van der Waals surface area contributed by atoms with Crippen LogP contribution >= 0.6 is 0 Å². The van der Waals surface area contributed by atoms with Crippen molar-refractivity contribution in [3.63, 3.8) is 0 Å². The average molecular weight is 280 g/mol. The third-order valence-corrected chi connectivity index (χ3v) is 3.29. The van der Waals surface area contributed by atoms with Crippen LogP contribution in [0.2, 0.25) is 0 Å². The van der Waals surface area contributed by atoms with Gasteiger partial charge in [0, 0.05) is 13.0 Å². The van der Waals surface area contributed by atoms with E-state index in [-0.39, 0.29) is 6.61 Å². The summed E-state index contributed by atoms with van der Waals surface area (Å²) in [6.07, 6.45) is 0.363. The van der Waals surface area contributed by atoms with Gasteiger partial charge in [0.25, 0.3) is 0 Å². The van der Waals surface area contributed by atoms with Gasteiger partial charge in [-0.2, -0.15) is 0 Å². The van der Waals surface area contributed by atoms with E-state index in [4.69, 9.17) is 4.74 Å². The van der Waals surface area contributed by atoms with E-state index in [1.54, 1.807) is 19.1 Å². The van der Waals surface area contributed by atoms with Crippen LogP contribution in [0.4, 0.5) is 5.82 Å². The smallest absolute Gasteiger partial charge is 0.339 e. The van der Waals surface area contributed by atoms with E-state index in [1.807, 2.05) is 0 Å². The minimum Gasteiger partial charge on any atom is -0.479 e. The van der Waals surface area contributed by atoms with Crippen LogP contribution in [0.1, 0.15) is 22.5 Å². The summed E-state index contributed by atoms with van der Waals surface area (Å²) in [6, 6.07) is 3.12. The molecule has 1 atom stereocenters. The molecule has 2 rings (SSSR count). The van der Waals surface area contributed by atoms with Gasteiger partial charge in [-0.15, -0.1) is 0 Å². The Labute approximate surface area is 115 Å². The molecule has 7 heteroatoms. The highest BCUT2D eigenvalue weighted by Gasteiger charge is 2.43. The van der Waals surface area contributed by atoms with Gasteiger partial charge in [0.1, 0.15) is 5.82 Å². The number of hydrogen-bond donors (Lipinski definition) is 2. The Morgan fingerprint density at radius 1 is 1.50 bits per heavy atom. The lowest BCUT2D eigenvalue weighted by molar-refractivity contribution is -0.142. The number of methoxy groups -OCH3 is 1. The van der Waals surface area contributed by atoms with E-state index in [0.717, 1.165) is 0 Å². The van der Waals surface area contributed by atoms with Crippen molar-refractivity contribution in [3.05, 3.63) is 23.4 Å². The van der Waals surface area contributed by atoms with Crippen LogP contribution in [0.25, 0.3) is 0 Å². The summed E-state index contributed by atoms with van der Waals surface area (Å²) < 4.78 is 9.79. The number of nitrogens with one attached hydrogen (secondary N) is 1. The Morgan fingerprint density at radius 2 is 2.25 bits per heavy atom. The lowest BCUT2D eigenvalue weighted by atomic mass is 9.99. The van der Waals surface area contributed by atoms with E-state index >= 15 is 0 Å². The monoisotopic (exact) mass is 280 g/mol. The molecule has 0 radical (unpaired) electrons. The Bertz CT molecular complexity index is 538. The number of hydrogen-bond acceptors (Lipinski definition) is 6. The molecule has 0 bridgehead atoms. The fourth-order valence-electron chi connectivity index (χ4n) is 2.09. The van der Waals surface area contributed by atoms with Crippen LogP contribution in [0.5, 0.6) is 0 Å².